The first-order valence-corrected chi connectivity index (χ1v) is 7.90. The van der Waals surface area contributed by atoms with Gasteiger partial charge in [0.25, 0.3) is 0 Å². The predicted molar refractivity (Wildman–Crippen MR) is 81.3 cm³/mol. The van der Waals surface area contributed by atoms with Gasteiger partial charge in [-0.1, -0.05) is 13.8 Å². The lowest BCUT2D eigenvalue weighted by Crippen LogP contribution is -2.23. The van der Waals surface area contributed by atoms with Crippen LogP contribution in [0.5, 0.6) is 0 Å². The number of aryl methyl sites for hydroxylation is 1. The second-order valence-corrected chi connectivity index (χ2v) is 5.36. The van der Waals surface area contributed by atoms with Crippen LogP contribution in [-0.4, -0.2) is 28.0 Å². The van der Waals surface area contributed by atoms with E-state index in [-0.39, 0.29) is 0 Å². The number of rotatable bonds is 7. The van der Waals surface area contributed by atoms with Gasteiger partial charge < -0.3 is 11.1 Å². The molecule has 18 heavy (non-hydrogen) atoms. The normalized spacial score (nSPS) is 12.4. The molecule has 0 saturated carbocycles. The van der Waals surface area contributed by atoms with Gasteiger partial charge in [0.1, 0.15) is 17.5 Å². The van der Waals surface area contributed by atoms with Crippen LogP contribution in [0.3, 0.4) is 0 Å². The molecule has 0 aliphatic carbocycles. The predicted octanol–water partition coefficient (Wildman–Crippen LogP) is 2.87. The molecule has 0 aliphatic rings. The van der Waals surface area contributed by atoms with Crippen LogP contribution in [0.15, 0.2) is 0 Å². The number of nitrogen functional groups attached to an aromatic ring is 1. The third kappa shape index (κ3) is 4.05. The summed E-state index contributed by atoms with van der Waals surface area (Å²) in [6, 6.07) is 0.433. The first kappa shape index (κ1) is 15.1. The minimum Gasteiger partial charge on any atom is -0.383 e. The van der Waals surface area contributed by atoms with Crippen LogP contribution in [-0.2, 0) is 6.42 Å². The standard InChI is InChI=1S/C13H24N4S/c1-5-7-11-16-12(14)9(3)13(17-11)15-10(6-2)8-18-4/h10H,5-8H2,1-4H3,(H3,14,15,16,17). The molecule has 102 valence electrons. The number of nitrogens with one attached hydrogen (secondary N) is 1. The van der Waals surface area contributed by atoms with E-state index >= 15 is 0 Å². The van der Waals surface area contributed by atoms with Gasteiger partial charge in [-0.05, 0) is 26.0 Å². The largest absolute Gasteiger partial charge is 0.383 e. The maximum absolute atomic E-state index is 5.95. The number of aromatic nitrogens is 2. The van der Waals surface area contributed by atoms with Crippen LogP contribution in [0.2, 0.25) is 0 Å². The Hall–Kier alpha value is -0.970. The molecule has 0 amide bonds. The fourth-order valence-electron chi connectivity index (χ4n) is 1.71. The Bertz CT molecular complexity index is 381. The summed E-state index contributed by atoms with van der Waals surface area (Å²) in [5, 5.41) is 3.49. The Morgan fingerprint density at radius 3 is 2.61 bits per heavy atom. The van der Waals surface area contributed by atoms with Crippen molar-refractivity contribution in [2.24, 2.45) is 0 Å². The summed E-state index contributed by atoms with van der Waals surface area (Å²) < 4.78 is 0. The Morgan fingerprint density at radius 1 is 1.33 bits per heavy atom. The summed E-state index contributed by atoms with van der Waals surface area (Å²) in [6.07, 6.45) is 5.10. The maximum atomic E-state index is 5.95. The van der Waals surface area contributed by atoms with E-state index in [2.05, 4.69) is 35.4 Å². The van der Waals surface area contributed by atoms with E-state index < -0.39 is 0 Å². The van der Waals surface area contributed by atoms with Crippen molar-refractivity contribution >= 4 is 23.4 Å². The Morgan fingerprint density at radius 2 is 2.06 bits per heavy atom. The SMILES string of the molecule is CCCc1nc(N)c(C)c(NC(CC)CSC)n1. The lowest BCUT2D eigenvalue weighted by atomic mass is 10.2. The molecule has 0 aliphatic heterocycles. The van der Waals surface area contributed by atoms with E-state index in [1.807, 2.05) is 18.7 Å². The number of thioether (sulfide) groups is 1. The van der Waals surface area contributed by atoms with Crippen molar-refractivity contribution in [3.63, 3.8) is 0 Å². The topological polar surface area (TPSA) is 63.8 Å². The van der Waals surface area contributed by atoms with Gasteiger partial charge >= 0.3 is 0 Å². The molecular weight excluding hydrogens is 244 g/mol. The van der Waals surface area contributed by atoms with Crippen LogP contribution in [0.25, 0.3) is 0 Å². The lowest BCUT2D eigenvalue weighted by molar-refractivity contribution is 0.760. The maximum Gasteiger partial charge on any atom is 0.135 e. The summed E-state index contributed by atoms with van der Waals surface area (Å²) in [6.45, 7) is 6.27. The zero-order chi connectivity index (χ0) is 13.5. The van der Waals surface area contributed by atoms with E-state index in [1.54, 1.807) is 0 Å². The minimum absolute atomic E-state index is 0.433. The molecule has 0 spiro atoms. The van der Waals surface area contributed by atoms with E-state index in [0.29, 0.717) is 11.9 Å². The van der Waals surface area contributed by atoms with Crippen molar-refractivity contribution in [1.82, 2.24) is 9.97 Å². The van der Waals surface area contributed by atoms with Crippen LogP contribution in [0.4, 0.5) is 11.6 Å². The number of hydrogen-bond donors (Lipinski definition) is 2. The van der Waals surface area contributed by atoms with Gasteiger partial charge in [0, 0.05) is 23.8 Å². The molecule has 5 heteroatoms. The second kappa shape index (κ2) is 7.46. The quantitative estimate of drug-likeness (QED) is 0.796. The van der Waals surface area contributed by atoms with Gasteiger partial charge in [0.15, 0.2) is 0 Å². The van der Waals surface area contributed by atoms with Crippen molar-refractivity contribution in [2.75, 3.05) is 23.1 Å². The van der Waals surface area contributed by atoms with Crippen molar-refractivity contribution < 1.29 is 0 Å². The van der Waals surface area contributed by atoms with Crippen LogP contribution < -0.4 is 11.1 Å². The molecule has 3 N–H and O–H groups in total. The molecule has 4 nitrogen and oxygen atoms in total. The average Bonchev–Trinajstić information content (AvgIpc) is 2.35. The molecule has 0 bridgehead atoms. The third-order valence-electron chi connectivity index (χ3n) is 2.90. The molecular formula is C13H24N4S. The number of nitrogens with zero attached hydrogens (tertiary/aromatic N) is 2. The molecule has 0 fully saturated rings. The first-order chi connectivity index (χ1) is 8.62. The van der Waals surface area contributed by atoms with Crippen molar-refractivity contribution in [3.05, 3.63) is 11.4 Å². The Balaban J connectivity index is 2.91. The summed E-state index contributed by atoms with van der Waals surface area (Å²) >= 11 is 1.84. The van der Waals surface area contributed by atoms with Gasteiger partial charge in [0.05, 0.1) is 0 Å². The number of anilines is 2. The summed E-state index contributed by atoms with van der Waals surface area (Å²) in [5.41, 5.74) is 6.90. The van der Waals surface area contributed by atoms with E-state index in [4.69, 9.17) is 5.73 Å². The van der Waals surface area contributed by atoms with Gasteiger partial charge in [-0.3, -0.25) is 0 Å². The van der Waals surface area contributed by atoms with Gasteiger partial charge in [-0.25, -0.2) is 9.97 Å². The molecule has 0 radical (unpaired) electrons. The first-order valence-electron chi connectivity index (χ1n) is 6.50. The molecule has 1 unspecified atom stereocenters. The zero-order valence-electron chi connectivity index (χ0n) is 11.8. The fourth-order valence-corrected chi connectivity index (χ4v) is 2.44. The highest BCUT2D eigenvalue weighted by atomic mass is 32.2. The van der Waals surface area contributed by atoms with Crippen molar-refractivity contribution in [3.8, 4) is 0 Å². The molecule has 1 aromatic rings. The molecule has 1 aromatic heterocycles. The lowest BCUT2D eigenvalue weighted by Gasteiger charge is -2.19. The van der Waals surface area contributed by atoms with Gasteiger partial charge in [-0.15, -0.1) is 0 Å². The Kier molecular flexibility index (Phi) is 6.25. The van der Waals surface area contributed by atoms with Crippen LogP contribution in [0, 0.1) is 6.92 Å². The summed E-state index contributed by atoms with van der Waals surface area (Å²) in [4.78, 5) is 8.91. The highest BCUT2D eigenvalue weighted by Gasteiger charge is 2.12. The Labute approximate surface area is 114 Å². The summed E-state index contributed by atoms with van der Waals surface area (Å²) in [5.74, 6) is 3.40. The molecule has 0 saturated heterocycles. The molecule has 1 heterocycles. The highest BCUT2D eigenvalue weighted by Crippen LogP contribution is 2.20. The summed E-state index contributed by atoms with van der Waals surface area (Å²) in [7, 11) is 0. The highest BCUT2D eigenvalue weighted by molar-refractivity contribution is 7.98. The molecule has 1 rings (SSSR count). The van der Waals surface area contributed by atoms with E-state index in [9.17, 15) is 0 Å². The van der Waals surface area contributed by atoms with Gasteiger partial charge in [-0.2, -0.15) is 11.8 Å². The van der Waals surface area contributed by atoms with Crippen LogP contribution >= 0.6 is 11.8 Å². The average molecular weight is 268 g/mol. The monoisotopic (exact) mass is 268 g/mol. The zero-order valence-corrected chi connectivity index (χ0v) is 12.6. The third-order valence-corrected chi connectivity index (χ3v) is 3.64. The van der Waals surface area contributed by atoms with E-state index in [0.717, 1.165) is 42.2 Å². The van der Waals surface area contributed by atoms with Crippen molar-refractivity contribution in [2.45, 2.75) is 46.1 Å². The number of hydrogen-bond acceptors (Lipinski definition) is 5. The smallest absolute Gasteiger partial charge is 0.135 e. The minimum atomic E-state index is 0.433. The van der Waals surface area contributed by atoms with Crippen molar-refractivity contribution in [1.29, 1.82) is 0 Å². The van der Waals surface area contributed by atoms with E-state index in [1.165, 1.54) is 0 Å². The van der Waals surface area contributed by atoms with Gasteiger partial charge in [0.2, 0.25) is 0 Å². The molecule has 1 atom stereocenters. The second-order valence-electron chi connectivity index (χ2n) is 4.45. The van der Waals surface area contributed by atoms with Crippen LogP contribution in [0.1, 0.15) is 38.1 Å². The molecule has 0 aromatic carbocycles. The fraction of sp³-hybridized carbons (Fsp3) is 0.692. The number of nitrogens with two attached hydrogens (primary N) is 1.